The summed E-state index contributed by atoms with van der Waals surface area (Å²) in [4.78, 5) is 10.0. The van der Waals surface area contributed by atoms with E-state index in [1.165, 1.54) is 12.8 Å². The van der Waals surface area contributed by atoms with Crippen LogP contribution in [-0.2, 0) is 14.8 Å². The van der Waals surface area contributed by atoms with Crippen molar-refractivity contribution in [3.63, 3.8) is 0 Å². The molecule has 0 aromatic heterocycles. The Morgan fingerprint density at radius 2 is 2.08 bits per heavy atom. The van der Waals surface area contributed by atoms with Crippen LogP contribution in [0.25, 0.3) is 0 Å². The van der Waals surface area contributed by atoms with Gasteiger partial charge in [0.15, 0.2) is 11.5 Å². The largest absolute Gasteiger partial charge is 0.300 e. The third kappa shape index (κ3) is 0.881. The Morgan fingerprint density at radius 1 is 1.23 bits per heavy atom. The third-order valence-electron chi connectivity index (χ3n) is 3.76. The van der Waals surface area contributed by atoms with Crippen LogP contribution in [0.2, 0.25) is 0 Å². The van der Waals surface area contributed by atoms with E-state index in [0.717, 1.165) is 23.9 Å². The highest BCUT2D eigenvalue weighted by Crippen LogP contribution is 2.58. The molecular weight excluding hydrogens is 168 g/mol. The SMILES string of the molecule is CC1(C)CC2=C(OOO2)C2CCC21. The van der Waals surface area contributed by atoms with Crippen LogP contribution >= 0.6 is 0 Å². The fourth-order valence-corrected chi connectivity index (χ4v) is 2.86. The van der Waals surface area contributed by atoms with E-state index in [9.17, 15) is 0 Å². The number of allylic oxidation sites excluding steroid dienone is 2. The van der Waals surface area contributed by atoms with E-state index in [1.807, 2.05) is 0 Å². The first-order valence-electron chi connectivity index (χ1n) is 4.93. The van der Waals surface area contributed by atoms with E-state index in [1.54, 1.807) is 0 Å². The van der Waals surface area contributed by atoms with Crippen LogP contribution in [0.5, 0.6) is 0 Å². The van der Waals surface area contributed by atoms with Crippen molar-refractivity contribution in [1.82, 2.24) is 0 Å². The Kier molecular flexibility index (Phi) is 1.30. The summed E-state index contributed by atoms with van der Waals surface area (Å²) in [6, 6.07) is 0. The molecule has 0 amide bonds. The Labute approximate surface area is 77.5 Å². The number of rotatable bonds is 0. The van der Waals surface area contributed by atoms with Crippen molar-refractivity contribution in [3.05, 3.63) is 11.5 Å². The van der Waals surface area contributed by atoms with Gasteiger partial charge in [0.2, 0.25) is 0 Å². The van der Waals surface area contributed by atoms with Gasteiger partial charge in [0.05, 0.1) is 0 Å². The van der Waals surface area contributed by atoms with Crippen LogP contribution in [0.4, 0.5) is 0 Å². The minimum Gasteiger partial charge on any atom is -0.300 e. The molecule has 1 saturated carbocycles. The maximum Gasteiger partial charge on any atom is 0.191 e. The van der Waals surface area contributed by atoms with Crippen LogP contribution in [0.1, 0.15) is 33.1 Å². The predicted octanol–water partition coefficient (Wildman–Crippen LogP) is 2.55. The maximum atomic E-state index is 5.04. The van der Waals surface area contributed by atoms with E-state index in [-0.39, 0.29) is 0 Å². The molecule has 2 atom stereocenters. The summed E-state index contributed by atoms with van der Waals surface area (Å²) in [5.41, 5.74) is 0.346. The van der Waals surface area contributed by atoms with Crippen LogP contribution in [0.3, 0.4) is 0 Å². The summed E-state index contributed by atoms with van der Waals surface area (Å²) in [6.45, 7) is 4.60. The average Bonchev–Trinajstić information content (AvgIpc) is 2.31. The van der Waals surface area contributed by atoms with E-state index < -0.39 is 0 Å². The van der Waals surface area contributed by atoms with Crippen molar-refractivity contribution < 1.29 is 14.8 Å². The van der Waals surface area contributed by atoms with Crippen molar-refractivity contribution in [3.8, 4) is 0 Å². The van der Waals surface area contributed by atoms with Gasteiger partial charge < -0.3 is 0 Å². The molecular formula is C10H14O3. The molecule has 3 heteroatoms. The zero-order valence-electron chi connectivity index (χ0n) is 8.00. The highest BCUT2D eigenvalue weighted by Gasteiger charge is 2.52. The topological polar surface area (TPSA) is 27.7 Å². The third-order valence-corrected chi connectivity index (χ3v) is 3.76. The van der Waals surface area contributed by atoms with Gasteiger partial charge in [0, 0.05) is 17.4 Å². The smallest absolute Gasteiger partial charge is 0.191 e. The minimum absolute atomic E-state index is 0.346. The Bertz CT molecular complexity index is 280. The summed E-state index contributed by atoms with van der Waals surface area (Å²) >= 11 is 0. The van der Waals surface area contributed by atoms with Crippen LogP contribution in [-0.4, -0.2) is 0 Å². The number of fused-ring (bicyclic) bond motifs is 2. The molecule has 0 N–H and O–H groups in total. The maximum absolute atomic E-state index is 5.04. The molecule has 72 valence electrons. The van der Waals surface area contributed by atoms with E-state index in [2.05, 4.69) is 18.9 Å². The lowest BCUT2D eigenvalue weighted by Gasteiger charge is -2.48. The zero-order valence-corrected chi connectivity index (χ0v) is 8.00. The molecule has 3 nitrogen and oxygen atoms in total. The van der Waals surface area contributed by atoms with Gasteiger partial charge in [-0.3, -0.25) is 9.78 Å². The quantitative estimate of drug-likeness (QED) is 0.539. The second kappa shape index (κ2) is 2.21. The Balaban J connectivity index is 1.98. The lowest BCUT2D eigenvalue weighted by Crippen LogP contribution is -2.42. The van der Waals surface area contributed by atoms with Gasteiger partial charge in [-0.2, -0.15) is 0 Å². The Hall–Kier alpha value is -0.700. The fourth-order valence-electron chi connectivity index (χ4n) is 2.86. The molecule has 2 unspecified atom stereocenters. The summed E-state index contributed by atoms with van der Waals surface area (Å²) < 4.78 is 0. The van der Waals surface area contributed by atoms with Crippen molar-refractivity contribution in [2.24, 2.45) is 17.3 Å². The number of hydrogen-bond acceptors (Lipinski definition) is 3. The van der Waals surface area contributed by atoms with Gasteiger partial charge in [0.25, 0.3) is 0 Å². The molecule has 1 fully saturated rings. The molecule has 1 aliphatic heterocycles. The monoisotopic (exact) mass is 182 g/mol. The molecule has 2 aliphatic carbocycles. The van der Waals surface area contributed by atoms with E-state index >= 15 is 0 Å². The highest BCUT2D eigenvalue weighted by atomic mass is 17.5. The van der Waals surface area contributed by atoms with Crippen LogP contribution in [0, 0.1) is 17.3 Å². The second-order valence-electron chi connectivity index (χ2n) is 4.98. The first-order valence-corrected chi connectivity index (χ1v) is 4.93. The van der Waals surface area contributed by atoms with Gasteiger partial charge >= 0.3 is 0 Å². The van der Waals surface area contributed by atoms with E-state index in [0.29, 0.717) is 11.3 Å². The van der Waals surface area contributed by atoms with Gasteiger partial charge in [-0.1, -0.05) is 13.8 Å². The van der Waals surface area contributed by atoms with E-state index in [4.69, 9.17) is 9.78 Å². The first-order chi connectivity index (χ1) is 6.18. The van der Waals surface area contributed by atoms with Crippen LogP contribution < -0.4 is 0 Å². The van der Waals surface area contributed by atoms with Gasteiger partial charge in [0.1, 0.15) is 0 Å². The molecule has 13 heavy (non-hydrogen) atoms. The first kappa shape index (κ1) is 7.68. The number of hydrogen-bond donors (Lipinski definition) is 0. The molecule has 3 aliphatic rings. The predicted molar refractivity (Wildman–Crippen MR) is 44.9 cm³/mol. The normalized spacial score (nSPS) is 39.8. The fraction of sp³-hybridized carbons (Fsp3) is 0.800. The zero-order chi connectivity index (χ0) is 9.05. The molecule has 0 aromatic rings. The molecule has 0 radical (unpaired) electrons. The summed E-state index contributed by atoms with van der Waals surface area (Å²) in [7, 11) is 0. The van der Waals surface area contributed by atoms with Gasteiger partial charge in [-0.25, -0.2) is 0 Å². The summed E-state index contributed by atoms with van der Waals surface area (Å²) in [5, 5.41) is 4.56. The molecule has 0 spiro atoms. The molecule has 3 rings (SSSR count). The summed E-state index contributed by atoms with van der Waals surface area (Å²) in [6.07, 6.45) is 3.49. The van der Waals surface area contributed by atoms with Crippen LogP contribution in [0.15, 0.2) is 11.5 Å². The van der Waals surface area contributed by atoms with Gasteiger partial charge in [-0.05, 0) is 24.2 Å². The van der Waals surface area contributed by atoms with Gasteiger partial charge in [-0.15, -0.1) is 0 Å². The lowest BCUT2D eigenvalue weighted by atomic mass is 9.56. The summed E-state index contributed by atoms with van der Waals surface area (Å²) in [5.74, 6) is 3.21. The van der Waals surface area contributed by atoms with Crippen molar-refractivity contribution >= 4 is 0 Å². The molecule has 1 heterocycles. The second-order valence-corrected chi connectivity index (χ2v) is 4.98. The van der Waals surface area contributed by atoms with Crippen molar-refractivity contribution in [1.29, 1.82) is 0 Å². The Morgan fingerprint density at radius 3 is 2.77 bits per heavy atom. The molecule has 0 saturated heterocycles. The highest BCUT2D eigenvalue weighted by molar-refractivity contribution is 5.19. The molecule has 0 bridgehead atoms. The van der Waals surface area contributed by atoms with Crippen molar-refractivity contribution in [2.75, 3.05) is 0 Å². The van der Waals surface area contributed by atoms with Crippen molar-refractivity contribution in [2.45, 2.75) is 33.1 Å². The average molecular weight is 182 g/mol. The lowest BCUT2D eigenvalue weighted by molar-refractivity contribution is -0.451. The standard InChI is InChI=1S/C10H14O3/c1-10(2)5-8-9(12-13-11-8)6-3-4-7(6)10/h6-7H,3-5H2,1-2H3. The minimum atomic E-state index is 0.346. The molecule has 0 aromatic carbocycles.